The molecule has 0 unspecified atom stereocenters. The minimum Gasteiger partial charge on any atom is -0.490 e. The van der Waals surface area contributed by atoms with Gasteiger partial charge in [-0.05, 0) is 41.8 Å². The van der Waals surface area contributed by atoms with Gasteiger partial charge in [0.1, 0.15) is 24.0 Å². The van der Waals surface area contributed by atoms with Crippen LogP contribution < -0.4 is 10.1 Å². The van der Waals surface area contributed by atoms with Crippen LogP contribution in [0, 0.1) is 0 Å². The van der Waals surface area contributed by atoms with Gasteiger partial charge in [-0.15, -0.1) is 0 Å². The Morgan fingerprint density at radius 2 is 1.81 bits per heavy atom. The highest BCUT2D eigenvalue weighted by Gasteiger charge is 2.54. The van der Waals surface area contributed by atoms with E-state index in [1.807, 2.05) is 66.7 Å². The van der Waals surface area contributed by atoms with E-state index in [9.17, 15) is 14.7 Å². The van der Waals surface area contributed by atoms with Crippen LogP contribution in [0.3, 0.4) is 0 Å². The molecule has 1 aliphatic carbocycles. The smallest absolute Gasteiger partial charge is 0.325 e. The molecule has 158 valence electrons. The predicted octanol–water partition coefficient (Wildman–Crippen LogP) is 3.36. The number of carbonyl (C=O) groups excluding carboxylic acids is 2. The number of β-amino-alcohol motifs (C(OH)–C–C–N with tert-alkyl or cyclic N) is 1. The van der Waals surface area contributed by atoms with Crippen LogP contribution in [-0.2, 0) is 16.8 Å². The van der Waals surface area contributed by atoms with Crippen LogP contribution in [0.2, 0.25) is 0 Å². The monoisotopic (exact) mass is 416 g/mol. The fraction of sp³-hybridized carbons (Fsp3) is 0.280. The van der Waals surface area contributed by atoms with E-state index in [0.29, 0.717) is 12.2 Å². The molecule has 1 spiro atoms. The molecule has 1 aliphatic heterocycles. The third kappa shape index (κ3) is 3.33. The summed E-state index contributed by atoms with van der Waals surface area (Å²) >= 11 is 0. The van der Waals surface area contributed by atoms with Crippen LogP contribution in [0.4, 0.5) is 4.79 Å². The Bertz CT molecular complexity index is 1160. The van der Waals surface area contributed by atoms with E-state index < -0.39 is 17.7 Å². The lowest BCUT2D eigenvalue weighted by molar-refractivity contribution is -0.133. The van der Waals surface area contributed by atoms with Crippen molar-refractivity contribution in [3.8, 4) is 5.75 Å². The van der Waals surface area contributed by atoms with Gasteiger partial charge < -0.3 is 15.2 Å². The first-order valence-electron chi connectivity index (χ1n) is 10.6. The van der Waals surface area contributed by atoms with Crippen LogP contribution in [0.1, 0.15) is 24.0 Å². The van der Waals surface area contributed by atoms with Gasteiger partial charge in [0, 0.05) is 5.39 Å². The lowest BCUT2D eigenvalue weighted by Crippen LogP contribution is -2.47. The Morgan fingerprint density at radius 1 is 1.03 bits per heavy atom. The summed E-state index contributed by atoms with van der Waals surface area (Å²) in [6, 6.07) is 20.9. The molecule has 5 rings (SSSR count). The molecule has 2 atom stereocenters. The van der Waals surface area contributed by atoms with Gasteiger partial charge in [0.25, 0.3) is 5.91 Å². The number of aryl methyl sites for hydroxylation is 1. The van der Waals surface area contributed by atoms with E-state index >= 15 is 0 Å². The van der Waals surface area contributed by atoms with Crippen molar-refractivity contribution in [1.82, 2.24) is 10.2 Å². The van der Waals surface area contributed by atoms with Crippen LogP contribution in [-0.4, -0.2) is 41.2 Å². The molecule has 3 aromatic carbocycles. The number of hydrogen-bond donors (Lipinski definition) is 2. The van der Waals surface area contributed by atoms with Gasteiger partial charge in [-0.1, -0.05) is 60.7 Å². The highest BCUT2D eigenvalue weighted by Crippen LogP contribution is 2.39. The maximum atomic E-state index is 13.3. The van der Waals surface area contributed by atoms with Crippen LogP contribution in [0.25, 0.3) is 10.8 Å². The van der Waals surface area contributed by atoms with Crippen LogP contribution in [0.15, 0.2) is 66.7 Å². The van der Waals surface area contributed by atoms with Crippen molar-refractivity contribution in [1.29, 1.82) is 0 Å². The quantitative estimate of drug-likeness (QED) is 0.625. The minimum atomic E-state index is -1.03. The molecule has 31 heavy (non-hydrogen) atoms. The van der Waals surface area contributed by atoms with E-state index in [1.54, 1.807) is 0 Å². The summed E-state index contributed by atoms with van der Waals surface area (Å²) in [6.07, 6.45) is 1.28. The molecule has 3 amide bonds. The van der Waals surface area contributed by atoms with Gasteiger partial charge in [0.05, 0.1) is 6.54 Å². The molecule has 1 heterocycles. The number of amides is 3. The molecule has 0 saturated carbocycles. The SMILES string of the molecule is O=C1N[C@@]2(CCCc3ccccc32)C(=O)N1C[C@@H](O)COc1cccc2ccccc12. The first-order chi connectivity index (χ1) is 15.1. The zero-order chi connectivity index (χ0) is 21.4. The second kappa shape index (κ2) is 7.71. The molecule has 1 saturated heterocycles. The number of imide groups is 1. The average Bonchev–Trinajstić information content (AvgIpc) is 3.02. The number of urea groups is 1. The average molecular weight is 416 g/mol. The molecular formula is C25H24N2O4. The molecule has 6 nitrogen and oxygen atoms in total. The van der Waals surface area contributed by atoms with Crippen LogP contribution >= 0.6 is 0 Å². The predicted molar refractivity (Wildman–Crippen MR) is 117 cm³/mol. The Labute approximate surface area is 180 Å². The van der Waals surface area contributed by atoms with Gasteiger partial charge in [-0.3, -0.25) is 9.69 Å². The van der Waals surface area contributed by atoms with Crippen molar-refractivity contribution in [3.63, 3.8) is 0 Å². The second-order valence-corrected chi connectivity index (χ2v) is 8.20. The summed E-state index contributed by atoms with van der Waals surface area (Å²) in [5.74, 6) is 0.362. The van der Waals surface area contributed by atoms with Gasteiger partial charge in [-0.2, -0.15) is 0 Å². The third-order valence-electron chi connectivity index (χ3n) is 6.22. The number of nitrogens with zero attached hydrogens (tertiary/aromatic N) is 1. The lowest BCUT2D eigenvalue weighted by Gasteiger charge is -2.33. The minimum absolute atomic E-state index is 0.0192. The Kier molecular flexibility index (Phi) is 4.87. The summed E-state index contributed by atoms with van der Waals surface area (Å²) in [5, 5.41) is 15.5. The molecule has 6 heteroatoms. The Morgan fingerprint density at radius 3 is 2.71 bits per heavy atom. The van der Waals surface area contributed by atoms with Crippen LogP contribution in [0.5, 0.6) is 5.75 Å². The standard InChI is InChI=1S/C25H24N2O4/c28-19(16-31-22-13-5-9-17-7-1-3-11-20(17)22)15-27-23(29)25(26-24(27)30)14-6-10-18-8-2-4-12-21(18)25/h1-5,7-9,11-13,19,28H,6,10,14-16H2,(H,26,30)/t19-,25-/m1/s1. The van der Waals surface area contributed by atoms with E-state index in [-0.39, 0.29) is 19.1 Å². The van der Waals surface area contributed by atoms with Crippen molar-refractivity contribution >= 4 is 22.7 Å². The zero-order valence-corrected chi connectivity index (χ0v) is 17.1. The molecule has 0 aromatic heterocycles. The fourth-order valence-corrected chi connectivity index (χ4v) is 4.75. The number of fused-ring (bicyclic) bond motifs is 3. The van der Waals surface area contributed by atoms with Gasteiger partial charge in [0.2, 0.25) is 0 Å². The number of carbonyl (C=O) groups is 2. The fourth-order valence-electron chi connectivity index (χ4n) is 4.75. The maximum Gasteiger partial charge on any atom is 0.325 e. The Hall–Kier alpha value is -3.38. The largest absolute Gasteiger partial charge is 0.490 e. The van der Waals surface area contributed by atoms with Crippen molar-refractivity contribution in [2.24, 2.45) is 0 Å². The summed E-state index contributed by atoms with van der Waals surface area (Å²) < 4.78 is 5.84. The van der Waals surface area contributed by atoms with Crippen molar-refractivity contribution < 1.29 is 19.4 Å². The van der Waals surface area contributed by atoms with Gasteiger partial charge in [-0.25, -0.2) is 4.79 Å². The second-order valence-electron chi connectivity index (χ2n) is 8.20. The van der Waals surface area contributed by atoms with Gasteiger partial charge >= 0.3 is 6.03 Å². The lowest BCUT2D eigenvalue weighted by atomic mass is 9.76. The summed E-state index contributed by atoms with van der Waals surface area (Å²) in [6.45, 7) is -0.131. The number of nitrogens with one attached hydrogen (secondary N) is 1. The zero-order valence-electron chi connectivity index (χ0n) is 17.1. The highest BCUT2D eigenvalue weighted by molar-refractivity contribution is 6.07. The van der Waals surface area contributed by atoms with Crippen molar-refractivity contribution in [2.45, 2.75) is 30.9 Å². The topological polar surface area (TPSA) is 78.9 Å². The number of hydrogen-bond acceptors (Lipinski definition) is 4. The molecule has 3 aromatic rings. The van der Waals surface area contributed by atoms with E-state index in [2.05, 4.69) is 5.32 Å². The molecule has 1 fully saturated rings. The summed E-state index contributed by atoms with van der Waals surface area (Å²) in [5.41, 5.74) is 0.926. The van der Waals surface area contributed by atoms with E-state index in [1.165, 1.54) is 0 Å². The number of aliphatic hydroxyl groups excluding tert-OH is 1. The summed E-state index contributed by atoms with van der Waals surface area (Å²) in [4.78, 5) is 27.1. The number of aliphatic hydroxyl groups is 1. The van der Waals surface area contributed by atoms with Gasteiger partial charge in [0.15, 0.2) is 0 Å². The molecule has 0 bridgehead atoms. The van der Waals surface area contributed by atoms with Crippen molar-refractivity contribution in [2.75, 3.05) is 13.2 Å². The first-order valence-corrected chi connectivity index (χ1v) is 10.6. The molecular weight excluding hydrogens is 392 g/mol. The number of rotatable bonds is 5. The molecule has 2 aliphatic rings. The maximum absolute atomic E-state index is 13.3. The number of benzene rings is 3. The van der Waals surface area contributed by atoms with E-state index in [4.69, 9.17) is 4.74 Å². The van der Waals surface area contributed by atoms with Crippen molar-refractivity contribution in [3.05, 3.63) is 77.9 Å². The first kappa shape index (κ1) is 19.6. The normalized spacial score (nSPS) is 21.3. The molecule has 0 radical (unpaired) electrons. The summed E-state index contributed by atoms with van der Waals surface area (Å²) in [7, 11) is 0. The third-order valence-corrected chi connectivity index (χ3v) is 6.22. The number of ether oxygens (including phenoxy) is 1. The Balaban J connectivity index is 1.30. The molecule has 2 N–H and O–H groups in total. The van der Waals surface area contributed by atoms with E-state index in [0.717, 1.165) is 39.6 Å². The highest BCUT2D eigenvalue weighted by atomic mass is 16.5.